The van der Waals surface area contributed by atoms with E-state index >= 15 is 0 Å². The summed E-state index contributed by atoms with van der Waals surface area (Å²) in [6.07, 6.45) is -2.42. The second kappa shape index (κ2) is 8.40. The van der Waals surface area contributed by atoms with Crippen LogP contribution in [0, 0.1) is 0 Å². The number of aliphatic hydroxyl groups is 1. The molecule has 28 heavy (non-hydrogen) atoms. The van der Waals surface area contributed by atoms with Crippen LogP contribution >= 0.6 is 23.5 Å². The molecule has 1 aromatic heterocycles. The van der Waals surface area contributed by atoms with Crippen LogP contribution in [-0.2, 0) is 31.6 Å². The highest BCUT2D eigenvalue weighted by molar-refractivity contribution is 7.66. The Morgan fingerprint density at radius 2 is 1.86 bits per heavy atom. The fourth-order valence-electron chi connectivity index (χ4n) is 2.15. The third-order valence-corrected chi connectivity index (χ3v) is 6.99. The maximum absolute atomic E-state index is 11.8. The number of anilines is 1. The zero-order chi connectivity index (χ0) is 21.3. The van der Waals surface area contributed by atoms with Gasteiger partial charge in [0, 0.05) is 12.6 Å². The Morgan fingerprint density at radius 1 is 1.21 bits per heavy atom. The second-order valence-corrected chi connectivity index (χ2v) is 9.78. The van der Waals surface area contributed by atoms with Crippen LogP contribution in [0.5, 0.6) is 0 Å². The third-order valence-electron chi connectivity index (χ3n) is 3.18. The lowest BCUT2D eigenvalue weighted by Gasteiger charge is -2.19. The van der Waals surface area contributed by atoms with Gasteiger partial charge in [-0.25, -0.2) is 18.5 Å². The van der Waals surface area contributed by atoms with Gasteiger partial charge in [0.15, 0.2) is 0 Å². The monoisotopic (exact) mass is 470 g/mol. The van der Waals surface area contributed by atoms with Crippen LogP contribution in [-0.4, -0.2) is 53.0 Å². The van der Waals surface area contributed by atoms with Gasteiger partial charge in [-0.15, -0.1) is 0 Å². The fourth-order valence-corrected chi connectivity index (χ4v) is 5.18. The van der Waals surface area contributed by atoms with Crippen LogP contribution in [0.2, 0.25) is 0 Å². The number of nitrogen functional groups attached to an aromatic ring is 1. The molecule has 5 atom stereocenters. The van der Waals surface area contributed by atoms with E-state index in [4.69, 9.17) is 25.2 Å². The largest absolute Gasteiger partial charge is 0.490 e. The molecule has 160 valence electrons. The van der Waals surface area contributed by atoms with Crippen molar-refractivity contribution in [1.82, 2.24) is 9.55 Å². The van der Waals surface area contributed by atoms with E-state index in [-0.39, 0.29) is 12.2 Å². The molecule has 16 nitrogen and oxygen atoms in total. The molecule has 2 unspecified atom stereocenters. The van der Waals surface area contributed by atoms with Gasteiger partial charge >= 0.3 is 29.2 Å². The van der Waals surface area contributed by atoms with Crippen molar-refractivity contribution < 1.29 is 56.3 Å². The smallest absolute Gasteiger partial charge is 0.390 e. The van der Waals surface area contributed by atoms with E-state index < -0.39 is 54.2 Å². The maximum atomic E-state index is 11.8. The molecule has 2 rings (SSSR count). The summed E-state index contributed by atoms with van der Waals surface area (Å²) >= 11 is 0. The third kappa shape index (κ3) is 6.81. The fraction of sp³-hybridized carbons (Fsp3) is 0.556. The number of hydrogen-bond donors (Lipinski definition) is 6. The van der Waals surface area contributed by atoms with Crippen LogP contribution in [0.4, 0.5) is 5.82 Å². The van der Waals surface area contributed by atoms with E-state index in [1.54, 1.807) is 0 Å². The van der Waals surface area contributed by atoms with E-state index in [0.29, 0.717) is 0 Å². The molecule has 1 fully saturated rings. The highest BCUT2D eigenvalue weighted by atomic mass is 32.3. The Kier molecular flexibility index (Phi) is 6.99. The number of hydrogen-bond acceptors (Lipinski definition) is 11. The molecule has 1 aromatic rings. The highest BCUT2D eigenvalue weighted by Crippen LogP contribution is 2.66. The maximum Gasteiger partial charge on any atom is 0.490 e. The topological polar surface area (TPSA) is 250 Å². The zero-order valence-electron chi connectivity index (χ0n) is 13.6. The molecule has 1 aliphatic heterocycles. The van der Waals surface area contributed by atoms with Crippen molar-refractivity contribution in [1.29, 1.82) is 0 Å². The van der Waals surface area contributed by atoms with Crippen molar-refractivity contribution >= 4 is 29.3 Å². The standard InChI is InChI=1S/C9H16N3O13P3/c10-7-1-2-12(9(14)11-7)8-3-5(13)6(23-8)4-22-27(18,19)25-28(20,21)24-26(15,16)17/h1-2,5-6,8,13H,3-4H2,(H,18,19)(H,20,21)(H2,10,11,14)(H2,15,16,17)/t5-,6+,8+/m0/s1/i26+1,27+1,28+1. The predicted octanol–water partition coefficient (Wildman–Crippen LogP) is -1.18. The molecule has 2 heterocycles. The van der Waals surface area contributed by atoms with E-state index in [2.05, 4.69) is 18.1 Å². The van der Waals surface area contributed by atoms with Crippen molar-refractivity contribution in [2.45, 2.75) is 24.9 Å². The number of aliphatic hydroxyl groups excluding tert-OH is 1. The Morgan fingerprint density at radius 3 is 2.43 bits per heavy atom. The Hall–Kier alpha value is -0.990. The second-order valence-electron chi connectivity index (χ2n) is 5.36. The summed E-state index contributed by atoms with van der Waals surface area (Å²) in [7, 11) is -16.5. The van der Waals surface area contributed by atoms with Crippen molar-refractivity contribution in [2.75, 3.05) is 12.3 Å². The number of nitrogens with zero attached hydrogens (tertiary/aromatic N) is 2. The summed E-state index contributed by atoms with van der Waals surface area (Å²) < 4.78 is 51.2. The van der Waals surface area contributed by atoms with Gasteiger partial charge in [-0.3, -0.25) is 9.09 Å². The van der Waals surface area contributed by atoms with E-state index in [0.717, 1.165) is 4.57 Å². The number of nitrogens with two attached hydrogens (primary N) is 1. The molecule has 0 radical (unpaired) electrons. The van der Waals surface area contributed by atoms with Gasteiger partial charge in [-0.1, -0.05) is 0 Å². The predicted molar refractivity (Wildman–Crippen MR) is 87.3 cm³/mol. The molecule has 1 aliphatic rings. The first-order valence-corrected chi connectivity index (χ1v) is 11.7. The summed E-state index contributed by atoms with van der Waals surface area (Å²) in [6.45, 7) is -0.849. The van der Waals surface area contributed by atoms with Gasteiger partial charge in [0.25, 0.3) is 0 Å². The summed E-state index contributed by atoms with van der Waals surface area (Å²) in [5.41, 5.74) is 4.58. The summed E-state index contributed by atoms with van der Waals surface area (Å²) in [5.74, 6) is -0.0380. The van der Waals surface area contributed by atoms with Gasteiger partial charge < -0.3 is 35.2 Å². The normalized spacial score (nSPS) is 27.2. The molecular weight excluding hydrogens is 454 g/mol. The number of aromatic nitrogens is 2. The lowest BCUT2D eigenvalue weighted by atomic mass is 10.2. The minimum absolute atomic E-state index is 0.0380. The van der Waals surface area contributed by atoms with Gasteiger partial charge in [0.1, 0.15) is 18.1 Å². The van der Waals surface area contributed by atoms with E-state index in [1.165, 1.54) is 12.3 Å². The number of phosphoric acid groups is 3. The molecule has 1 saturated heterocycles. The average Bonchev–Trinajstić information content (AvgIpc) is 2.82. The lowest BCUT2D eigenvalue weighted by Crippen LogP contribution is -2.28. The highest BCUT2D eigenvalue weighted by Gasteiger charge is 2.42. The van der Waals surface area contributed by atoms with Crippen LogP contribution in [0.15, 0.2) is 17.1 Å². The molecule has 0 saturated carbocycles. The first-order valence-electron chi connectivity index (χ1n) is 7.14. The SMILES string of the molecule is Nc1ccn([C@H]2C[C@H](O)[C@@H](CO[32P](=O)(O)O[32P](=O)(O)O[32P](=O)(O)O)O2)c(=O)n1. The van der Waals surface area contributed by atoms with Crippen molar-refractivity contribution in [3.8, 4) is 0 Å². The lowest BCUT2D eigenvalue weighted by molar-refractivity contribution is -0.0449. The first-order chi connectivity index (χ1) is 12.7. The van der Waals surface area contributed by atoms with Gasteiger partial charge in [0.05, 0.1) is 12.7 Å². The summed E-state index contributed by atoms with van der Waals surface area (Å²) in [4.78, 5) is 50.5. The Labute approximate surface area is 155 Å². The quantitative estimate of drug-likeness (QED) is 0.245. The number of rotatable bonds is 8. The number of phosphoric ester groups is 1. The van der Waals surface area contributed by atoms with E-state index in [1.807, 2.05) is 0 Å². The minimum Gasteiger partial charge on any atom is -0.390 e. The van der Waals surface area contributed by atoms with Crippen LogP contribution in [0.25, 0.3) is 0 Å². The van der Waals surface area contributed by atoms with Gasteiger partial charge in [-0.2, -0.15) is 13.6 Å². The summed E-state index contributed by atoms with van der Waals surface area (Å²) in [5, 5.41) is 9.94. The molecule has 19 heteroatoms. The van der Waals surface area contributed by atoms with Crippen LogP contribution < -0.4 is 11.4 Å². The molecular formula is C9H16N3O13P3. The molecule has 7 N–H and O–H groups in total. The molecule has 0 bridgehead atoms. The van der Waals surface area contributed by atoms with Crippen molar-refractivity contribution in [3.63, 3.8) is 0 Å². The number of ether oxygens (including phenoxy) is 1. The minimum atomic E-state index is -5.65. The van der Waals surface area contributed by atoms with Crippen LogP contribution in [0.1, 0.15) is 12.6 Å². The molecule has 0 spiro atoms. The zero-order valence-corrected chi connectivity index (χ0v) is 16.3. The van der Waals surface area contributed by atoms with Crippen molar-refractivity contribution in [2.24, 2.45) is 0 Å². The van der Waals surface area contributed by atoms with Crippen molar-refractivity contribution in [3.05, 3.63) is 22.7 Å². The Balaban J connectivity index is 1.98. The molecule has 0 amide bonds. The van der Waals surface area contributed by atoms with Crippen LogP contribution in [0.3, 0.4) is 0 Å². The molecule has 0 aliphatic carbocycles. The van der Waals surface area contributed by atoms with Gasteiger partial charge in [0.2, 0.25) is 0 Å². The summed E-state index contributed by atoms with van der Waals surface area (Å²) in [6, 6.07) is 1.30. The van der Waals surface area contributed by atoms with E-state index in [9.17, 15) is 28.5 Å². The molecule has 0 aromatic carbocycles. The average molecular weight is 470 g/mol. The first kappa shape index (κ1) is 23.3. The Bertz CT molecular complexity index is 914. The van der Waals surface area contributed by atoms with Gasteiger partial charge in [-0.05, 0) is 6.07 Å².